The first-order chi connectivity index (χ1) is 10.9. The van der Waals surface area contributed by atoms with E-state index in [2.05, 4.69) is 37.0 Å². The fourth-order valence-corrected chi connectivity index (χ4v) is 3.89. The van der Waals surface area contributed by atoms with Gasteiger partial charge in [-0.2, -0.15) is 0 Å². The highest BCUT2D eigenvalue weighted by Gasteiger charge is 2.32. The molecule has 1 atom stereocenters. The molecule has 0 radical (unpaired) electrons. The largest absolute Gasteiger partial charge is 0.375 e. The third kappa shape index (κ3) is 3.01. The van der Waals surface area contributed by atoms with Crippen molar-refractivity contribution in [2.45, 2.75) is 18.6 Å². The highest BCUT2D eigenvalue weighted by Crippen LogP contribution is 2.26. The van der Waals surface area contributed by atoms with Crippen LogP contribution in [0.2, 0.25) is 0 Å². The van der Waals surface area contributed by atoms with Crippen LogP contribution in [0, 0.1) is 0 Å². The Balaban J connectivity index is 1.37. The molecule has 1 unspecified atom stereocenters. The molecule has 7 nitrogen and oxygen atoms in total. The van der Waals surface area contributed by atoms with Crippen LogP contribution >= 0.6 is 11.8 Å². The summed E-state index contributed by atoms with van der Waals surface area (Å²) in [5.74, 6) is 3.22. The van der Waals surface area contributed by atoms with Crippen molar-refractivity contribution >= 4 is 23.4 Å². The van der Waals surface area contributed by atoms with E-state index in [1.165, 1.54) is 4.91 Å². The van der Waals surface area contributed by atoms with Gasteiger partial charge in [0.25, 0.3) is 0 Å². The van der Waals surface area contributed by atoms with Crippen molar-refractivity contribution in [2.24, 2.45) is 9.98 Å². The Morgan fingerprint density at radius 2 is 2.27 bits per heavy atom. The average molecular weight is 322 g/mol. The Labute approximate surface area is 134 Å². The van der Waals surface area contributed by atoms with Gasteiger partial charge in [0.15, 0.2) is 0 Å². The van der Waals surface area contributed by atoms with Crippen molar-refractivity contribution in [1.29, 1.82) is 0 Å². The summed E-state index contributed by atoms with van der Waals surface area (Å²) in [7, 11) is 0. The molecule has 4 aliphatic heterocycles. The summed E-state index contributed by atoms with van der Waals surface area (Å²) < 4.78 is 5.82. The summed E-state index contributed by atoms with van der Waals surface area (Å²) in [4.78, 5) is 12.8. The maximum Gasteiger partial charge on any atom is 0.130 e. The molecule has 0 aromatic carbocycles. The lowest BCUT2D eigenvalue weighted by molar-refractivity contribution is 0.0213. The molecule has 0 aliphatic carbocycles. The zero-order chi connectivity index (χ0) is 14.8. The van der Waals surface area contributed by atoms with Crippen LogP contribution in [-0.4, -0.2) is 74.0 Å². The van der Waals surface area contributed by atoms with Gasteiger partial charge < -0.3 is 20.3 Å². The van der Waals surface area contributed by atoms with Crippen LogP contribution in [0.15, 0.2) is 21.1 Å². The van der Waals surface area contributed by atoms with Crippen LogP contribution in [0.5, 0.6) is 0 Å². The highest BCUT2D eigenvalue weighted by molar-refractivity contribution is 8.03. The van der Waals surface area contributed by atoms with E-state index < -0.39 is 0 Å². The van der Waals surface area contributed by atoms with Crippen molar-refractivity contribution in [2.75, 3.05) is 45.3 Å². The molecule has 0 saturated carbocycles. The number of nitrogens with one attached hydrogen (secondary N) is 3. The van der Waals surface area contributed by atoms with Gasteiger partial charge in [0.05, 0.1) is 19.4 Å². The van der Waals surface area contributed by atoms with E-state index in [9.17, 15) is 0 Å². The molecular weight excluding hydrogens is 300 g/mol. The van der Waals surface area contributed by atoms with Crippen molar-refractivity contribution in [3.63, 3.8) is 0 Å². The first-order valence-corrected chi connectivity index (χ1v) is 8.87. The molecule has 22 heavy (non-hydrogen) atoms. The fourth-order valence-electron chi connectivity index (χ4n) is 2.91. The van der Waals surface area contributed by atoms with Crippen molar-refractivity contribution < 1.29 is 4.74 Å². The second-order valence-electron chi connectivity index (χ2n) is 5.73. The third-order valence-electron chi connectivity index (χ3n) is 4.24. The third-order valence-corrected chi connectivity index (χ3v) is 5.30. The summed E-state index contributed by atoms with van der Waals surface area (Å²) >= 11 is 1.94. The first-order valence-electron chi connectivity index (χ1n) is 7.88. The summed E-state index contributed by atoms with van der Waals surface area (Å²) in [6.45, 7) is 5.11. The van der Waals surface area contributed by atoms with E-state index in [0.717, 1.165) is 50.1 Å². The Morgan fingerprint density at radius 1 is 1.32 bits per heavy atom. The van der Waals surface area contributed by atoms with Crippen LogP contribution in [-0.2, 0) is 4.74 Å². The normalized spacial score (nSPS) is 28.3. The highest BCUT2D eigenvalue weighted by atomic mass is 32.2. The molecule has 1 fully saturated rings. The Kier molecular flexibility index (Phi) is 4.33. The molecular formula is C14H22N6OS. The van der Waals surface area contributed by atoms with E-state index >= 15 is 0 Å². The van der Waals surface area contributed by atoms with Crippen LogP contribution < -0.4 is 16.0 Å². The predicted molar refractivity (Wildman–Crippen MR) is 89.1 cm³/mol. The quantitative estimate of drug-likeness (QED) is 0.651. The minimum atomic E-state index is 0.131. The molecule has 1 saturated heterocycles. The monoisotopic (exact) mass is 322 g/mol. The molecule has 0 amide bonds. The summed E-state index contributed by atoms with van der Waals surface area (Å²) in [5, 5.41) is 9.86. The van der Waals surface area contributed by atoms with Crippen LogP contribution in [0.1, 0.15) is 6.42 Å². The average Bonchev–Trinajstić information content (AvgIpc) is 2.98. The molecule has 0 bridgehead atoms. The van der Waals surface area contributed by atoms with Crippen LogP contribution in [0.4, 0.5) is 0 Å². The van der Waals surface area contributed by atoms with Crippen molar-refractivity contribution in [3.8, 4) is 0 Å². The number of ether oxygens (including phenoxy) is 1. The number of hydrogen-bond donors (Lipinski definition) is 3. The Morgan fingerprint density at radius 3 is 3.14 bits per heavy atom. The number of amidine groups is 2. The SMILES string of the molecule is C1=C(CCOC2CNC2)SCCN1C1=NCNC2=NCNC21. The van der Waals surface area contributed by atoms with Crippen LogP contribution in [0.25, 0.3) is 0 Å². The van der Waals surface area contributed by atoms with Gasteiger partial charge in [-0.05, 0) is 0 Å². The number of fused-ring (bicyclic) bond motifs is 1. The predicted octanol–water partition coefficient (Wildman–Crippen LogP) is -0.458. The summed E-state index contributed by atoms with van der Waals surface area (Å²) in [5.41, 5.74) is 0. The maximum absolute atomic E-state index is 5.82. The molecule has 0 aromatic heterocycles. The molecule has 4 heterocycles. The zero-order valence-corrected chi connectivity index (χ0v) is 13.4. The smallest absolute Gasteiger partial charge is 0.130 e. The standard InChI is InChI=1S/C14H22N6OS/c1(3-21-10-5-15-6-10)11-7-20(2-4-22-11)14-12-13(17-8-16-12)18-9-19-14/h7,10,12,15-16H,1-6,8-9H2,(H,17,18). The number of aliphatic imine (C=N–C) groups is 2. The lowest BCUT2D eigenvalue weighted by atomic mass is 10.2. The number of thioether (sulfide) groups is 1. The summed E-state index contributed by atoms with van der Waals surface area (Å²) in [6, 6.07) is 0.131. The Bertz CT molecular complexity index is 515. The molecule has 3 N–H and O–H groups in total. The molecule has 4 aliphatic rings. The second-order valence-corrected chi connectivity index (χ2v) is 6.95. The van der Waals surface area contributed by atoms with E-state index in [-0.39, 0.29) is 6.04 Å². The lowest BCUT2D eigenvalue weighted by Crippen LogP contribution is -2.54. The van der Waals surface area contributed by atoms with Gasteiger partial charge in [0.1, 0.15) is 24.4 Å². The van der Waals surface area contributed by atoms with Gasteiger partial charge in [-0.15, -0.1) is 11.8 Å². The number of rotatable bonds is 4. The second kappa shape index (κ2) is 6.57. The maximum atomic E-state index is 5.82. The topological polar surface area (TPSA) is 73.3 Å². The van der Waals surface area contributed by atoms with Crippen molar-refractivity contribution in [1.82, 2.24) is 20.9 Å². The summed E-state index contributed by atoms with van der Waals surface area (Å²) in [6.07, 6.45) is 3.65. The van der Waals surface area contributed by atoms with Gasteiger partial charge in [-0.3, -0.25) is 10.3 Å². The van der Waals surface area contributed by atoms with Gasteiger partial charge in [0, 0.05) is 42.9 Å². The zero-order valence-electron chi connectivity index (χ0n) is 12.5. The van der Waals surface area contributed by atoms with E-state index in [1.54, 1.807) is 0 Å². The van der Waals surface area contributed by atoms with Gasteiger partial charge in [0.2, 0.25) is 0 Å². The minimum Gasteiger partial charge on any atom is -0.375 e. The van der Waals surface area contributed by atoms with E-state index in [0.29, 0.717) is 19.4 Å². The first kappa shape index (κ1) is 14.5. The molecule has 0 aromatic rings. The van der Waals surface area contributed by atoms with Crippen molar-refractivity contribution in [3.05, 3.63) is 11.1 Å². The van der Waals surface area contributed by atoms with E-state index in [1.807, 2.05) is 11.8 Å². The number of nitrogens with zero attached hydrogens (tertiary/aromatic N) is 3. The lowest BCUT2D eigenvalue weighted by Gasteiger charge is -2.33. The fraction of sp³-hybridized carbons (Fsp3) is 0.714. The van der Waals surface area contributed by atoms with Gasteiger partial charge in [-0.25, -0.2) is 4.99 Å². The molecule has 4 rings (SSSR count). The molecule has 0 spiro atoms. The van der Waals surface area contributed by atoms with Gasteiger partial charge in [-0.1, -0.05) is 0 Å². The molecule has 8 heteroatoms. The minimum absolute atomic E-state index is 0.131. The molecule has 120 valence electrons. The Hall–Kier alpha value is -1.09. The van der Waals surface area contributed by atoms with E-state index in [4.69, 9.17) is 4.74 Å². The van der Waals surface area contributed by atoms with Gasteiger partial charge >= 0.3 is 0 Å². The number of hydrogen-bond acceptors (Lipinski definition) is 8. The van der Waals surface area contributed by atoms with Crippen LogP contribution in [0.3, 0.4) is 0 Å².